The molecule has 7 aromatic rings. The fourth-order valence-corrected chi connectivity index (χ4v) is 6.69. The zero-order valence-corrected chi connectivity index (χ0v) is 24.3. The maximum atomic E-state index is 6.44. The highest BCUT2D eigenvalue weighted by molar-refractivity contribution is 5.95. The Labute approximate surface area is 252 Å². The maximum absolute atomic E-state index is 6.44. The summed E-state index contributed by atoms with van der Waals surface area (Å²) in [6, 6.07) is 54.1. The van der Waals surface area contributed by atoms with Crippen molar-refractivity contribution < 1.29 is 4.42 Å². The third kappa shape index (κ3) is 4.18. The van der Waals surface area contributed by atoms with Crippen LogP contribution in [0, 0.1) is 0 Å². The first-order chi connectivity index (χ1) is 21.1. The Morgan fingerprint density at radius 2 is 0.977 bits per heavy atom. The van der Waals surface area contributed by atoms with Crippen LogP contribution in [0.5, 0.6) is 0 Å². The molecule has 8 rings (SSSR count). The highest BCUT2D eigenvalue weighted by atomic mass is 16.3. The van der Waals surface area contributed by atoms with Crippen molar-refractivity contribution in [2.75, 3.05) is 4.90 Å². The number of para-hydroxylation sites is 1. The average Bonchev–Trinajstić information content (AvgIpc) is 3.56. The summed E-state index contributed by atoms with van der Waals surface area (Å²) in [5.41, 5.74) is 12.7. The van der Waals surface area contributed by atoms with Gasteiger partial charge in [-0.25, -0.2) is 0 Å². The zero-order chi connectivity index (χ0) is 29.0. The van der Waals surface area contributed by atoms with E-state index in [-0.39, 0.29) is 5.41 Å². The van der Waals surface area contributed by atoms with Crippen LogP contribution in [0.25, 0.3) is 44.5 Å². The number of nitrogens with zero attached hydrogens (tertiary/aromatic N) is 1. The number of hydrogen-bond acceptors (Lipinski definition) is 2. The second kappa shape index (κ2) is 9.89. The minimum Gasteiger partial charge on any atom is -0.456 e. The van der Waals surface area contributed by atoms with E-state index in [1.807, 2.05) is 6.07 Å². The van der Waals surface area contributed by atoms with E-state index in [0.717, 1.165) is 28.4 Å². The molecule has 0 N–H and O–H groups in total. The number of rotatable bonds is 5. The Morgan fingerprint density at radius 3 is 1.56 bits per heavy atom. The van der Waals surface area contributed by atoms with E-state index in [0.29, 0.717) is 0 Å². The summed E-state index contributed by atoms with van der Waals surface area (Å²) in [6.45, 7) is 4.63. The molecular formula is C41H31NO. The van der Waals surface area contributed by atoms with Crippen LogP contribution >= 0.6 is 0 Å². The first-order valence-corrected chi connectivity index (χ1v) is 14.9. The van der Waals surface area contributed by atoms with Crippen LogP contribution in [-0.2, 0) is 5.41 Å². The summed E-state index contributed by atoms with van der Waals surface area (Å²) in [5.74, 6) is 0.999. The largest absolute Gasteiger partial charge is 0.456 e. The van der Waals surface area contributed by atoms with E-state index < -0.39 is 0 Å². The third-order valence-electron chi connectivity index (χ3n) is 8.87. The van der Waals surface area contributed by atoms with Crippen LogP contribution in [0.3, 0.4) is 0 Å². The van der Waals surface area contributed by atoms with Crippen molar-refractivity contribution in [3.63, 3.8) is 0 Å². The van der Waals surface area contributed by atoms with E-state index in [2.05, 4.69) is 164 Å². The molecule has 0 saturated carbocycles. The summed E-state index contributed by atoms with van der Waals surface area (Å²) in [7, 11) is 0. The molecule has 1 aromatic heterocycles. The predicted octanol–water partition coefficient (Wildman–Crippen LogP) is 11.5. The van der Waals surface area contributed by atoms with Gasteiger partial charge in [0.05, 0.1) is 0 Å². The van der Waals surface area contributed by atoms with Crippen LogP contribution in [0.1, 0.15) is 25.0 Å². The topological polar surface area (TPSA) is 16.4 Å². The molecule has 1 heterocycles. The molecule has 2 heteroatoms. The average molecular weight is 554 g/mol. The number of hydrogen-bond donors (Lipinski definition) is 0. The van der Waals surface area contributed by atoms with Gasteiger partial charge in [0.25, 0.3) is 0 Å². The normalized spacial score (nSPS) is 13.1. The molecule has 0 atom stereocenters. The molecule has 0 radical (unpaired) electrons. The molecule has 0 spiro atoms. The standard InChI is InChI=1S/C41H31NO/c1-41(2)37-27-34(25-26-35(37)40-39(41)36-15-9-10-16-38(36)43-40)42(32-21-17-30(18-22-32)28-11-5-3-6-12-28)33-23-19-31(20-24-33)29-13-7-4-8-14-29/h3-27H,1-2H3. The third-order valence-corrected chi connectivity index (χ3v) is 8.87. The van der Waals surface area contributed by atoms with Gasteiger partial charge in [-0.3, -0.25) is 0 Å². The number of furan rings is 1. The molecule has 1 aliphatic carbocycles. The highest BCUT2D eigenvalue weighted by Crippen LogP contribution is 2.54. The fourth-order valence-electron chi connectivity index (χ4n) is 6.69. The van der Waals surface area contributed by atoms with E-state index >= 15 is 0 Å². The summed E-state index contributed by atoms with van der Waals surface area (Å²) < 4.78 is 6.44. The SMILES string of the molecule is CC1(C)c2cc(N(c3ccc(-c4ccccc4)cc3)c3ccc(-c4ccccc4)cc3)ccc2-c2oc3ccccc3c21. The quantitative estimate of drug-likeness (QED) is 0.211. The van der Waals surface area contributed by atoms with Crippen molar-refractivity contribution in [2.45, 2.75) is 19.3 Å². The Balaban J connectivity index is 1.25. The molecule has 0 aliphatic heterocycles. The lowest BCUT2D eigenvalue weighted by Crippen LogP contribution is -2.16. The van der Waals surface area contributed by atoms with Crippen molar-refractivity contribution in [1.82, 2.24) is 0 Å². The Morgan fingerprint density at radius 1 is 0.488 bits per heavy atom. The molecule has 43 heavy (non-hydrogen) atoms. The van der Waals surface area contributed by atoms with E-state index in [9.17, 15) is 0 Å². The minimum atomic E-state index is -0.187. The van der Waals surface area contributed by atoms with Gasteiger partial charge in [-0.05, 0) is 76.3 Å². The van der Waals surface area contributed by atoms with Crippen LogP contribution in [0.2, 0.25) is 0 Å². The van der Waals surface area contributed by atoms with Gasteiger partial charge in [0.2, 0.25) is 0 Å². The minimum absolute atomic E-state index is 0.187. The molecule has 2 nitrogen and oxygen atoms in total. The van der Waals surface area contributed by atoms with Crippen LogP contribution in [0.4, 0.5) is 17.1 Å². The van der Waals surface area contributed by atoms with Crippen molar-refractivity contribution in [3.05, 3.63) is 163 Å². The molecule has 206 valence electrons. The molecular weight excluding hydrogens is 522 g/mol. The number of benzene rings is 6. The zero-order valence-electron chi connectivity index (χ0n) is 24.3. The first-order valence-electron chi connectivity index (χ1n) is 14.9. The second-order valence-electron chi connectivity index (χ2n) is 11.8. The summed E-state index contributed by atoms with van der Waals surface area (Å²) in [4.78, 5) is 2.36. The van der Waals surface area contributed by atoms with Gasteiger partial charge < -0.3 is 9.32 Å². The van der Waals surface area contributed by atoms with Crippen LogP contribution in [-0.4, -0.2) is 0 Å². The predicted molar refractivity (Wildman–Crippen MR) is 179 cm³/mol. The van der Waals surface area contributed by atoms with Gasteiger partial charge in [0, 0.05) is 39.0 Å². The molecule has 0 fully saturated rings. The molecule has 0 amide bonds. The van der Waals surface area contributed by atoms with Crippen molar-refractivity contribution in [2.24, 2.45) is 0 Å². The number of fused-ring (bicyclic) bond motifs is 5. The summed E-state index contributed by atoms with van der Waals surface area (Å²) in [5, 5.41) is 1.20. The lowest BCUT2D eigenvalue weighted by molar-refractivity contribution is 0.619. The van der Waals surface area contributed by atoms with E-state index in [1.54, 1.807) is 0 Å². The van der Waals surface area contributed by atoms with E-state index in [4.69, 9.17) is 4.42 Å². The molecule has 0 saturated heterocycles. The lowest BCUT2D eigenvalue weighted by Gasteiger charge is -2.28. The summed E-state index contributed by atoms with van der Waals surface area (Å²) in [6.07, 6.45) is 0. The molecule has 0 bridgehead atoms. The highest BCUT2D eigenvalue weighted by Gasteiger charge is 2.40. The monoisotopic (exact) mass is 553 g/mol. The Bertz CT molecular complexity index is 1990. The van der Waals surface area contributed by atoms with Gasteiger partial charge in [-0.15, -0.1) is 0 Å². The van der Waals surface area contributed by atoms with Crippen LogP contribution < -0.4 is 4.90 Å². The Hall–Kier alpha value is -5.34. The van der Waals surface area contributed by atoms with E-state index in [1.165, 1.54) is 44.3 Å². The maximum Gasteiger partial charge on any atom is 0.139 e. The second-order valence-corrected chi connectivity index (χ2v) is 11.8. The first kappa shape index (κ1) is 25.4. The summed E-state index contributed by atoms with van der Waals surface area (Å²) >= 11 is 0. The van der Waals surface area contributed by atoms with Gasteiger partial charge in [0.1, 0.15) is 11.3 Å². The smallest absolute Gasteiger partial charge is 0.139 e. The number of anilines is 3. The van der Waals surface area contributed by atoms with Gasteiger partial charge in [-0.1, -0.05) is 117 Å². The van der Waals surface area contributed by atoms with Crippen molar-refractivity contribution in [1.29, 1.82) is 0 Å². The van der Waals surface area contributed by atoms with Gasteiger partial charge in [-0.2, -0.15) is 0 Å². The molecule has 6 aromatic carbocycles. The van der Waals surface area contributed by atoms with Crippen molar-refractivity contribution in [3.8, 4) is 33.6 Å². The van der Waals surface area contributed by atoms with Gasteiger partial charge in [0.15, 0.2) is 0 Å². The lowest BCUT2D eigenvalue weighted by atomic mass is 9.81. The Kier molecular flexibility index (Phi) is 5.84. The van der Waals surface area contributed by atoms with Gasteiger partial charge >= 0.3 is 0 Å². The van der Waals surface area contributed by atoms with Crippen LogP contribution in [0.15, 0.2) is 156 Å². The molecule has 1 aliphatic rings. The molecule has 0 unspecified atom stereocenters. The fraction of sp³-hybridized carbons (Fsp3) is 0.0732. The van der Waals surface area contributed by atoms with Crippen molar-refractivity contribution >= 4 is 28.0 Å².